The van der Waals surface area contributed by atoms with E-state index in [9.17, 15) is 14.4 Å². The maximum Gasteiger partial charge on any atom is 0.274 e. The predicted octanol–water partition coefficient (Wildman–Crippen LogP) is 2.67. The molecule has 1 aromatic carbocycles. The van der Waals surface area contributed by atoms with Crippen molar-refractivity contribution in [3.63, 3.8) is 0 Å². The van der Waals surface area contributed by atoms with E-state index in [-0.39, 0.29) is 18.2 Å². The number of rotatable bonds is 10. The normalized spacial score (nSPS) is 10.4. The van der Waals surface area contributed by atoms with Gasteiger partial charge in [0, 0.05) is 26.3 Å². The summed E-state index contributed by atoms with van der Waals surface area (Å²) in [5.41, 5.74) is -0.00752. The molecule has 0 atom stereocenters. The van der Waals surface area contributed by atoms with Crippen LogP contribution in [0.25, 0.3) is 0 Å². The molecule has 2 amide bonds. The molecule has 1 aromatic heterocycles. The van der Waals surface area contributed by atoms with Gasteiger partial charge in [-0.1, -0.05) is 13.8 Å². The van der Waals surface area contributed by atoms with Crippen LogP contribution in [0, 0.1) is 0 Å². The smallest absolute Gasteiger partial charge is 0.274 e. The molecule has 1 N–H and O–H groups in total. The Balaban J connectivity index is 2.11. The van der Waals surface area contributed by atoms with Gasteiger partial charge in [0.15, 0.2) is 6.61 Å². The van der Waals surface area contributed by atoms with Crippen LogP contribution in [0.3, 0.4) is 0 Å². The molecule has 0 fully saturated rings. The molecule has 0 aliphatic heterocycles. The molecule has 2 aromatic rings. The van der Waals surface area contributed by atoms with Crippen molar-refractivity contribution in [2.24, 2.45) is 7.05 Å². The van der Waals surface area contributed by atoms with Gasteiger partial charge in [0.1, 0.15) is 17.2 Å². The van der Waals surface area contributed by atoms with E-state index in [0.29, 0.717) is 30.2 Å². The van der Waals surface area contributed by atoms with Gasteiger partial charge in [-0.15, -0.1) is 0 Å². The second kappa shape index (κ2) is 11.0. The van der Waals surface area contributed by atoms with Crippen molar-refractivity contribution in [2.45, 2.75) is 26.7 Å². The second-order valence-corrected chi connectivity index (χ2v) is 6.86. The summed E-state index contributed by atoms with van der Waals surface area (Å²) in [5, 5.41) is 2.55. The molecule has 0 radical (unpaired) electrons. The molecule has 2 rings (SSSR count). The van der Waals surface area contributed by atoms with E-state index in [4.69, 9.17) is 9.47 Å². The number of hydrogen-bond donors (Lipinski definition) is 1. The fourth-order valence-corrected chi connectivity index (χ4v) is 2.96. The number of amides is 2. The van der Waals surface area contributed by atoms with Crippen molar-refractivity contribution in [2.75, 3.05) is 32.1 Å². The number of nitrogens with one attached hydrogen (secondary N) is 1. The lowest BCUT2D eigenvalue weighted by Crippen LogP contribution is -2.34. The first-order valence-corrected chi connectivity index (χ1v) is 9.96. The average Bonchev–Trinajstić information content (AvgIpc) is 2.75. The Morgan fingerprint density at radius 1 is 1.07 bits per heavy atom. The van der Waals surface area contributed by atoms with Crippen LogP contribution in [0.4, 0.5) is 5.69 Å². The molecule has 0 aliphatic rings. The molecule has 0 saturated heterocycles. The minimum atomic E-state index is -0.494. The predicted molar refractivity (Wildman–Crippen MR) is 115 cm³/mol. The molecule has 30 heavy (non-hydrogen) atoms. The molecule has 8 heteroatoms. The zero-order valence-electron chi connectivity index (χ0n) is 17.9. The van der Waals surface area contributed by atoms with E-state index in [1.807, 2.05) is 13.8 Å². The number of pyridine rings is 1. The van der Waals surface area contributed by atoms with Gasteiger partial charge in [-0.05, 0) is 43.2 Å². The lowest BCUT2D eigenvalue weighted by molar-refractivity contribution is -0.118. The zero-order chi connectivity index (χ0) is 22.1. The maximum atomic E-state index is 12.9. The van der Waals surface area contributed by atoms with Gasteiger partial charge >= 0.3 is 0 Å². The van der Waals surface area contributed by atoms with Crippen molar-refractivity contribution in [3.8, 4) is 11.5 Å². The number of hydrogen-bond acceptors (Lipinski definition) is 5. The highest BCUT2D eigenvalue weighted by Crippen LogP contribution is 2.17. The molecule has 0 saturated carbocycles. The van der Waals surface area contributed by atoms with E-state index in [2.05, 4.69) is 5.32 Å². The Labute approximate surface area is 176 Å². The Morgan fingerprint density at radius 3 is 2.23 bits per heavy atom. The van der Waals surface area contributed by atoms with Crippen LogP contribution in [0.15, 0.2) is 41.3 Å². The SMILES string of the molecule is CCCN(CCC)C(=O)c1cc(NC(=O)COc2ccc(OC)cc2)c(=O)n(C)c1. The Kier molecular flexibility index (Phi) is 8.46. The summed E-state index contributed by atoms with van der Waals surface area (Å²) in [6.07, 6.45) is 3.17. The van der Waals surface area contributed by atoms with Crippen LogP contribution >= 0.6 is 0 Å². The fourth-order valence-electron chi connectivity index (χ4n) is 2.96. The third-order valence-electron chi connectivity index (χ3n) is 4.41. The topological polar surface area (TPSA) is 89.9 Å². The molecular weight excluding hydrogens is 386 g/mol. The highest BCUT2D eigenvalue weighted by Gasteiger charge is 2.18. The van der Waals surface area contributed by atoms with Crippen LogP contribution in [-0.2, 0) is 11.8 Å². The van der Waals surface area contributed by atoms with E-state index in [1.165, 1.54) is 16.8 Å². The molecule has 162 valence electrons. The number of benzene rings is 1. The molecule has 0 unspecified atom stereocenters. The summed E-state index contributed by atoms with van der Waals surface area (Å²) >= 11 is 0. The monoisotopic (exact) mass is 415 g/mol. The van der Waals surface area contributed by atoms with Gasteiger partial charge in [0.25, 0.3) is 17.4 Å². The minimum Gasteiger partial charge on any atom is -0.497 e. The van der Waals surface area contributed by atoms with Crippen molar-refractivity contribution in [1.82, 2.24) is 9.47 Å². The van der Waals surface area contributed by atoms with Crippen molar-refractivity contribution >= 4 is 17.5 Å². The first-order chi connectivity index (χ1) is 14.4. The van der Waals surface area contributed by atoms with Crippen LogP contribution < -0.4 is 20.3 Å². The van der Waals surface area contributed by atoms with Crippen LogP contribution in [0.1, 0.15) is 37.0 Å². The Morgan fingerprint density at radius 2 is 1.67 bits per heavy atom. The third kappa shape index (κ3) is 6.10. The Hall–Kier alpha value is -3.29. The minimum absolute atomic E-state index is 0.0413. The first kappa shape index (κ1) is 23.0. The summed E-state index contributed by atoms with van der Waals surface area (Å²) in [4.78, 5) is 39.3. The molecule has 1 heterocycles. The molecule has 8 nitrogen and oxygen atoms in total. The van der Waals surface area contributed by atoms with E-state index >= 15 is 0 Å². The maximum absolute atomic E-state index is 12.9. The van der Waals surface area contributed by atoms with Crippen molar-refractivity contribution in [1.29, 1.82) is 0 Å². The first-order valence-electron chi connectivity index (χ1n) is 9.96. The summed E-state index contributed by atoms with van der Waals surface area (Å²) in [6.45, 7) is 5.00. The van der Waals surface area contributed by atoms with E-state index in [1.54, 1.807) is 43.3 Å². The summed E-state index contributed by atoms with van der Waals surface area (Å²) < 4.78 is 11.8. The number of nitrogens with zero attached hydrogens (tertiary/aromatic N) is 2. The molecular formula is C22H29N3O5. The van der Waals surface area contributed by atoms with Crippen LogP contribution in [-0.4, -0.2) is 48.1 Å². The summed E-state index contributed by atoms with van der Waals surface area (Å²) in [7, 11) is 3.11. The number of carbonyl (C=O) groups is 2. The Bertz CT molecular complexity index is 915. The molecule has 0 bridgehead atoms. The fraction of sp³-hybridized carbons (Fsp3) is 0.409. The van der Waals surface area contributed by atoms with Gasteiger partial charge < -0.3 is 24.3 Å². The summed E-state index contributed by atoms with van der Waals surface area (Å²) in [5.74, 6) is 0.514. The van der Waals surface area contributed by atoms with Gasteiger partial charge in [0.2, 0.25) is 0 Å². The largest absolute Gasteiger partial charge is 0.497 e. The standard InChI is InChI=1S/C22H29N3O5/c1-5-11-25(12-6-2)21(27)16-13-19(22(28)24(3)14-16)23-20(26)15-30-18-9-7-17(29-4)8-10-18/h7-10,13-14H,5-6,11-12,15H2,1-4H3,(H,23,26). The van der Waals surface area contributed by atoms with Gasteiger partial charge in [-0.2, -0.15) is 0 Å². The third-order valence-corrected chi connectivity index (χ3v) is 4.41. The van der Waals surface area contributed by atoms with Gasteiger partial charge in [-0.3, -0.25) is 14.4 Å². The van der Waals surface area contributed by atoms with Crippen LogP contribution in [0.2, 0.25) is 0 Å². The number of carbonyl (C=O) groups excluding carboxylic acids is 2. The van der Waals surface area contributed by atoms with Crippen molar-refractivity contribution in [3.05, 3.63) is 52.4 Å². The number of aromatic nitrogens is 1. The van der Waals surface area contributed by atoms with Gasteiger partial charge in [-0.25, -0.2) is 0 Å². The number of aryl methyl sites for hydroxylation is 1. The van der Waals surface area contributed by atoms with Crippen molar-refractivity contribution < 1.29 is 19.1 Å². The highest BCUT2D eigenvalue weighted by atomic mass is 16.5. The quantitative estimate of drug-likeness (QED) is 0.644. The lowest BCUT2D eigenvalue weighted by atomic mass is 10.2. The number of ether oxygens (including phenoxy) is 2. The summed E-state index contributed by atoms with van der Waals surface area (Å²) in [6, 6.07) is 8.22. The van der Waals surface area contributed by atoms with E-state index in [0.717, 1.165) is 12.8 Å². The van der Waals surface area contributed by atoms with Gasteiger partial charge in [0.05, 0.1) is 12.7 Å². The average molecular weight is 415 g/mol. The number of methoxy groups -OCH3 is 1. The number of anilines is 1. The zero-order valence-corrected chi connectivity index (χ0v) is 17.9. The highest BCUT2D eigenvalue weighted by molar-refractivity contribution is 5.97. The second-order valence-electron chi connectivity index (χ2n) is 6.86. The molecule has 0 spiro atoms. The molecule has 0 aliphatic carbocycles. The van der Waals surface area contributed by atoms with E-state index < -0.39 is 11.5 Å². The lowest BCUT2D eigenvalue weighted by Gasteiger charge is -2.22. The van der Waals surface area contributed by atoms with Crippen LogP contribution in [0.5, 0.6) is 11.5 Å².